The number of nitrogens with one attached hydrogen (secondary N) is 1. The number of rotatable bonds is 16. The number of pyridine rings is 1. The number of carbonyl (C=O) groups excluding carboxylic acids is 2. The first-order valence-corrected chi connectivity index (χ1v) is 16.6. The number of oxime groups is 1. The molecule has 19 nitrogen and oxygen atoms in total. The van der Waals surface area contributed by atoms with Crippen molar-refractivity contribution in [1.29, 1.82) is 0 Å². The molecule has 1 aliphatic heterocycles. The van der Waals surface area contributed by atoms with E-state index < -0.39 is 58.2 Å². The van der Waals surface area contributed by atoms with Crippen LogP contribution in [0.3, 0.4) is 0 Å². The van der Waals surface area contributed by atoms with Crippen molar-refractivity contribution in [2.75, 3.05) is 40.0 Å². The maximum absolute atomic E-state index is 13.2. The number of hydrogen-bond acceptors (Lipinski definition) is 13. The second-order valence-corrected chi connectivity index (χ2v) is 14.1. The van der Waals surface area contributed by atoms with Crippen molar-refractivity contribution in [2.45, 2.75) is 44.5 Å². The summed E-state index contributed by atoms with van der Waals surface area (Å²) in [6.07, 6.45) is 6.46. The summed E-state index contributed by atoms with van der Waals surface area (Å²) >= 11 is 0.958. The molecule has 260 valence electrons. The normalized spacial score (nSPS) is 17.0. The number of aromatic nitrogens is 4. The van der Waals surface area contributed by atoms with Gasteiger partial charge in [-0.15, -0.1) is 15.6 Å². The number of nitrogens with two attached hydrogens (primary N) is 1. The van der Waals surface area contributed by atoms with Crippen LogP contribution in [-0.4, -0.2) is 118 Å². The third-order valence-corrected chi connectivity index (χ3v) is 7.98. The minimum absolute atomic E-state index is 0.0573. The van der Waals surface area contributed by atoms with Crippen LogP contribution in [0.5, 0.6) is 5.75 Å². The number of β-lactam (4-membered cyclic amide) rings is 1. The van der Waals surface area contributed by atoms with Gasteiger partial charge in [0.2, 0.25) is 12.1 Å². The van der Waals surface area contributed by atoms with Crippen LogP contribution in [-0.2, 0) is 40.4 Å². The topological polar surface area (TPSA) is 242 Å². The van der Waals surface area contributed by atoms with Gasteiger partial charge in [-0.05, 0) is 19.9 Å². The molecule has 48 heavy (non-hydrogen) atoms. The number of quaternary nitrogens is 1. The highest BCUT2D eigenvalue weighted by molar-refractivity contribution is 7.80. The number of anilines is 1. The van der Waals surface area contributed by atoms with E-state index in [4.69, 9.17) is 19.9 Å². The first kappa shape index (κ1) is 36.1. The van der Waals surface area contributed by atoms with Crippen LogP contribution in [0.2, 0.25) is 0 Å². The number of carboxylic acids is 1. The van der Waals surface area contributed by atoms with Gasteiger partial charge < -0.3 is 30.2 Å². The van der Waals surface area contributed by atoms with Crippen molar-refractivity contribution in [3.8, 4) is 11.6 Å². The van der Waals surface area contributed by atoms with Gasteiger partial charge in [-0.1, -0.05) is 5.16 Å². The van der Waals surface area contributed by atoms with Crippen molar-refractivity contribution in [3.05, 3.63) is 48.1 Å². The number of aryl methyl sites for hydroxylation is 1. The Labute approximate surface area is 279 Å². The molecule has 5 N–H and O–H groups in total. The zero-order chi connectivity index (χ0) is 35.4. The lowest BCUT2D eigenvalue weighted by molar-refractivity contribution is -0.873. The summed E-state index contributed by atoms with van der Waals surface area (Å²) in [6, 6.07) is 1.97. The molecule has 1 fully saturated rings. The van der Waals surface area contributed by atoms with Gasteiger partial charge >= 0.3 is 16.4 Å². The van der Waals surface area contributed by atoms with Crippen LogP contribution in [0.4, 0.5) is 5.13 Å². The third-order valence-electron chi connectivity index (χ3n) is 6.97. The van der Waals surface area contributed by atoms with Crippen molar-refractivity contribution in [3.63, 3.8) is 0 Å². The molecule has 2 atom stereocenters. The summed E-state index contributed by atoms with van der Waals surface area (Å²) in [5.74, 6) is -2.62. The molecule has 0 radical (unpaired) electrons. The Hall–Kier alpha value is -4.70. The fourth-order valence-electron chi connectivity index (χ4n) is 4.46. The first-order valence-electron chi connectivity index (χ1n) is 14.3. The molecule has 21 heteroatoms. The van der Waals surface area contributed by atoms with Gasteiger partial charge in [0.25, 0.3) is 17.9 Å². The van der Waals surface area contributed by atoms with E-state index in [1.54, 1.807) is 12.1 Å². The number of nitrogen functional groups attached to an aromatic ring is 1. The number of hydrogen-bond donors (Lipinski definition) is 4. The average Bonchev–Trinajstić information content (AvgIpc) is 3.64. The van der Waals surface area contributed by atoms with Gasteiger partial charge in [-0.3, -0.25) is 14.1 Å². The minimum Gasteiger partial charge on any atom is -0.487 e. The van der Waals surface area contributed by atoms with Gasteiger partial charge in [0.1, 0.15) is 36.5 Å². The smallest absolute Gasteiger partial charge is 0.418 e. The van der Waals surface area contributed by atoms with Gasteiger partial charge in [-0.25, -0.2) is 19.3 Å². The minimum atomic E-state index is -5.02. The van der Waals surface area contributed by atoms with Gasteiger partial charge in [0.05, 0.1) is 46.0 Å². The Kier molecular flexibility index (Phi) is 10.7. The lowest BCUT2D eigenvalue weighted by Crippen LogP contribution is -2.76. The fraction of sp³-hybridized carbons (Fsp3) is 0.444. The molecule has 0 spiro atoms. The number of ether oxygens (including phenoxy) is 1. The second kappa shape index (κ2) is 14.2. The third kappa shape index (κ3) is 9.22. The van der Waals surface area contributed by atoms with E-state index in [1.165, 1.54) is 25.4 Å². The Balaban J connectivity index is 1.40. The standard InChI is InChI=1S/C27H35N9O10S2/c1-27(2)22(24(38)35(27)46-48(41,42)43)31-23(37)21(18-15-47-26(28)30-18)32-45-19(25(39)40)14-44-17-7-8-20(29-13-17)34-11-10-33(16-34)9-6-12-36(3,4)5/h7-8,10-11,13,15-16,19,22H,6,9,12,14H2,1-5H3,(H3-2,28,30,31,37,39,40,41,42,43)/p+2/b32-21-/t19-,22+/m0/s1. The molecule has 3 aromatic rings. The van der Waals surface area contributed by atoms with E-state index in [0.717, 1.165) is 35.3 Å². The molecule has 0 unspecified atom stereocenters. The average molecular weight is 712 g/mol. The molecule has 0 saturated carbocycles. The summed E-state index contributed by atoms with van der Waals surface area (Å²) < 4.78 is 45.8. The number of imidazole rings is 1. The van der Waals surface area contributed by atoms with Gasteiger partial charge in [0, 0.05) is 17.9 Å². The van der Waals surface area contributed by atoms with Crippen molar-refractivity contribution in [2.24, 2.45) is 5.16 Å². The number of carbonyl (C=O) groups is 3. The molecule has 2 amide bonds. The first-order chi connectivity index (χ1) is 22.3. The zero-order valence-electron chi connectivity index (χ0n) is 26.7. The summed E-state index contributed by atoms with van der Waals surface area (Å²) in [6.45, 7) is 4.07. The zero-order valence-corrected chi connectivity index (χ0v) is 28.3. The highest BCUT2D eigenvalue weighted by Crippen LogP contribution is 2.33. The summed E-state index contributed by atoms with van der Waals surface area (Å²) in [7, 11) is 1.41. The Morgan fingerprint density at radius 1 is 1.29 bits per heavy atom. The molecule has 4 heterocycles. The van der Waals surface area contributed by atoms with E-state index in [0.29, 0.717) is 10.9 Å². The molecule has 4 rings (SSSR count). The van der Waals surface area contributed by atoms with Crippen LogP contribution in [0.25, 0.3) is 5.82 Å². The van der Waals surface area contributed by atoms with E-state index in [1.807, 2.05) is 23.3 Å². The van der Waals surface area contributed by atoms with Crippen molar-refractivity contribution >= 4 is 50.4 Å². The highest BCUT2D eigenvalue weighted by atomic mass is 32.3. The van der Waals surface area contributed by atoms with E-state index >= 15 is 0 Å². The summed E-state index contributed by atoms with van der Waals surface area (Å²) in [4.78, 5) is 51.2. The number of thiazole rings is 1. The second-order valence-electron chi connectivity index (χ2n) is 12.2. The van der Waals surface area contributed by atoms with E-state index in [2.05, 4.69) is 50.4 Å². The van der Waals surface area contributed by atoms with Crippen molar-refractivity contribution in [1.82, 2.24) is 24.9 Å². The number of amides is 2. The molecule has 1 aliphatic rings. The molecule has 1 saturated heterocycles. The van der Waals surface area contributed by atoms with Crippen molar-refractivity contribution < 1.29 is 55.4 Å². The largest absolute Gasteiger partial charge is 0.487 e. The molecule has 0 aliphatic carbocycles. The fourth-order valence-corrected chi connectivity index (χ4v) is 5.46. The highest BCUT2D eigenvalue weighted by Gasteiger charge is 2.58. The number of nitrogens with zero attached hydrogens (tertiary/aromatic N) is 7. The Bertz CT molecular complexity index is 1780. The van der Waals surface area contributed by atoms with Crippen LogP contribution in [0, 0.1) is 0 Å². The number of carboxylic acid groups (broad SMARTS) is 1. The summed E-state index contributed by atoms with van der Waals surface area (Å²) in [5, 5.41) is 17.6. The molecular weight excluding hydrogens is 674 g/mol. The van der Waals surface area contributed by atoms with Gasteiger partial charge in [-0.2, -0.15) is 18.0 Å². The van der Waals surface area contributed by atoms with E-state index in [-0.39, 0.29) is 16.6 Å². The lowest BCUT2D eigenvalue weighted by atomic mass is 9.84. The predicted molar refractivity (Wildman–Crippen MR) is 168 cm³/mol. The van der Waals surface area contributed by atoms with E-state index in [9.17, 15) is 27.9 Å². The van der Waals surface area contributed by atoms with Crippen LogP contribution >= 0.6 is 11.3 Å². The molecule has 0 aromatic carbocycles. The summed E-state index contributed by atoms with van der Waals surface area (Å²) in [5.41, 5.74) is 3.65. The quantitative estimate of drug-likeness (QED) is 0.0362. The van der Waals surface area contributed by atoms with Crippen LogP contribution < -0.4 is 20.4 Å². The SMILES string of the molecule is CC1(C)[C@H](NC(=O)/C(=N\O[C@@H](COc2ccc(-n3cc[n+](CCC[N+](C)(C)C)c3)nc2)C(=O)O)c2csc(N)n2)C(=O)N1OS(=O)(=O)O. The van der Waals surface area contributed by atoms with Crippen LogP contribution in [0.15, 0.2) is 47.6 Å². The monoisotopic (exact) mass is 711 g/mol. The molecule has 0 bridgehead atoms. The van der Waals surface area contributed by atoms with Gasteiger partial charge in [0.15, 0.2) is 10.8 Å². The Morgan fingerprint density at radius 3 is 2.58 bits per heavy atom. The lowest BCUT2D eigenvalue weighted by Gasteiger charge is -2.50. The van der Waals surface area contributed by atoms with Crippen LogP contribution in [0.1, 0.15) is 26.0 Å². The maximum Gasteiger partial charge on any atom is 0.418 e. The predicted octanol–water partition coefficient (Wildman–Crippen LogP) is -0.612. The molecule has 3 aromatic heterocycles. The number of aliphatic carboxylic acids is 1. The number of hydroxylamine groups is 2. The molecular formula is C27H37N9O10S2+2. The maximum atomic E-state index is 13.2. The Morgan fingerprint density at radius 2 is 2.02 bits per heavy atom.